The van der Waals surface area contributed by atoms with Gasteiger partial charge in [-0.3, -0.25) is 4.79 Å². The van der Waals surface area contributed by atoms with Gasteiger partial charge in [-0.05, 0) is 30.7 Å². The van der Waals surface area contributed by atoms with E-state index in [4.69, 9.17) is 11.6 Å². The Kier molecular flexibility index (Phi) is 3.12. The summed E-state index contributed by atoms with van der Waals surface area (Å²) in [4.78, 5) is 16.5. The number of carbonyl (C=O) groups is 1. The minimum absolute atomic E-state index is 0.280. The number of carbonyl (C=O) groups excluding carboxylic acids is 1. The SMILES string of the molecule is Cc1cc(Cl)nn2c(C(=O)Nc3ccccc3)cnc12. The molecule has 2 heterocycles. The van der Waals surface area contributed by atoms with Crippen molar-refractivity contribution < 1.29 is 4.79 Å². The molecule has 0 fully saturated rings. The topological polar surface area (TPSA) is 59.3 Å². The molecular weight excluding hydrogens is 276 g/mol. The highest BCUT2D eigenvalue weighted by molar-refractivity contribution is 6.29. The van der Waals surface area contributed by atoms with Gasteiger partial charge in [-0.1, -0.05) is 29.8 Å². The Morgan fingerprint density at radius 1 is 1.30 bits per heavy atom. The second kappa shape index (κ2) is 4.94. The van der Waals surface area contributed by atoms with Crippen molar-refractivity contribution in [2.75, 3.05) is 5.32 Å². The van der Waals surface area contributed by atoms with E-state index >= 15 is 0 Å². The van der Waals surface area contributed by atoms with Crippen LogP contribution in [0.15, 0.2) is 42.6 Å². The van der Waals surface area contributed by atoms with Crippen molar-refractivity contribution in [1.82, 2.24) is 14.6 Å². The van der Waals surface area contributed by atoms with Crippen LogP contribution >= 0.6 is 11.6 Å². The first-order valence-corrected chi connectivity index (χ1v) is 6.40. The fraction of sp³-hybridized carbons (Fsp3) is 0.0714. The molecular formula is C14H11ClN4O. The van der Waals surface area contributed by atoms with Crippen LogP contribution in [0.25, 0.3) is 5.65 Å². The number of nitrogens with zero attached hydrogens (tertiary/aromatic N) is 3. The molecule has 0 bridgehead atoms. The monoisotopic (exact) mass is 286 g/mol. The van der Waals surface area contributed by atoms with Gasteiger partial charge in [0.1, 0.15) is 5.15 Å². The molecule has 0 saturated heterocycles. The summed E-state index contributed by atoms with van der Waals surface area (Å²) in [5.41, 5.74) is 2.54. The highest BCUT2D eigenvalue weighted by Crippen LogP contribution is 2.15. The number of amides is 1. The maximum absolute atomic E-state index is 12.3. The maximum atomic E-state index is 12.3. The van der Waals surface area contributed by atoms with Crippen LogP contribution in [-0.4, -0.2) is 20.5 Å². The summed E-state index contributed by atoms with van der Waals surface area (Å²) in [6.07, 6.45) is 1.49. The van der Waals surface area contributed by atoms with Gasteiger partial charge >= 0.3 is 0 Å². The van der Waals surface area contributed by atoms with Crippen LogP contribution in [0.5, 0.6) is 0 Å². The molecule has 1 aromatic carbocycles. The Morgan fingerprint density at radius 3 is 2.80 bits per heavy atom. The molecule has 1 N–H and O–H groups in total. The molecule has 0 aliphatic carbocycles. The van der Waals surface area contributed by atoms with Gasteiger partial charge in [-0.2, -0.15) is 5.10 Å². The number of aromatic nitrogens is 3. The summed E-state index contributed by atoms with van der Waals surface area (Å²) in [5, 5.41) is 7.23. The number of hydrogen-bond acceptors (Lipinski definition) is 3. The summed E-state index contributed by atoms with van der Waals surface area (Å²) in [6.45, 7) is 1.87. The number of anilines is 1. The lowest BCUT2D eigenvalue weighted by Crippen LogP contribution is -2.15. The number of para-hydroxylation sites is 1. The van der Waals surface area contributed by atoms with Gasteiger partial charge < -0.3 is 5.32 Å². The summed E-state index contributed by atoms with van der Waals surface area (Å²) >= 11 is 5.93. The van der Waals surface area contributed by atoms with Crippen molar-refractivity contribution >= 4 is 28.8 Å². The zero-order valence-electron chi connectivity index (χ0n) is 10.7. The molecule has 2 aromatic heterocycles. The number of rotatable bonds is 2. The number of halogens is 1. The van der Waals surface area contributed by atoms with Crippen LogP contribution in [0.1, 0.15) is 16.1 Å². The van der Waals surface area contributed by atoms with Crippen molar-refractivity contribution in [3.63, 3.8) is 0 Å². The Labute approximate surface area is 120 Å². The molecule has 0 radical (unpaired) electrons. The first-order chi connectivity index (χ1) is 9.65. The molecule has 0 spiro atoms. The predicted molar refractivity (Wildman–Crippen MR) is 77.1 cm³/mol. The standard InChI is InChI=1S/C14H11ClN4O/c1-9-7-12(15)18-19-11(8-16-13(9)19)14(20)17-10-5-3-2-4-6-10/h2-8H,1H3,(H,17,20). The Hall–Kier alpha value is -2.40. The second-order valence-corrected chi connectivity index (χ2v) is 4.74. The van der Waals surface area contributed by atoms with E-state index in [0.717, 1.165) is 5.56 Å². The van der Waals surface area contributed by atoms with Gasteiger partial charge in [0.05, 0.1) is 6.20 Å². The van der Waals surface area contributed by atoms with Gasteiger partial charge in [0.15, 0.2) is 11.3 Å². The second-order valence-electron chi connectivity index (χ2n) is 4.35. The van der Waals surface area contributed by atoms with Crippen molar-refractivity contribution in [2.45, 2.75) is 6.92 Å². The van der Waals surface area contributed by atoms with Gasteiger partial charge in [-0.15, -0.1) is 0 Å². The van der Waals surface area contributed by atoms with Gasteiger partial charge in [0.2, 0.25) is 0 Å². The van der Waals surface area contributed by atoms with Crippen LogP contribution in [-0.2, 0) is 0 Å². The average molecular weight is 287 g/mol. The van der Waals surface area contributed by atoms with Gasteiger partial charge in [0.25, 0.3) is 5.91 Å². The molecule has 0 aliphatic heterocycles. The highest BCUT2D eigenvalue weighted by atomic mass is 35.5. The number of aryl methyl sites for hydroxylation is 1. The van der Waals surface area contributed by atoms with E-state index < -0.39 is 0 Å². The number of benzene rings is 1. The van der Waals surface area contributed by atoms with Crippen LogP contribution in [0.2, 0.25) is 5.15 Å². The highest BCUT2D eigenvalue weighted by Gasteiger charge is 2.15. The Bertz CT molecular complexity index is 782. The molecule has 5 nitrogen and oxygen atoms in total. The minimum Gasteiger partial charge on any atom is -0.321 e. The first kappa shape index (κ1) is 12.6. The summed E-state index contributed by atoms with van der Waals surface area (Å²) in [7, 11) is 0. The van der Waals surface area contributed by atoms with Crippen LogP contribution in [0, 0.1) is 6.92 Å². The lowest BCUT2D eigenvalue weighted by Gasteiger charge is -2.05. The molecule has 3 aromatic rings. The Balaban J connectivity index is 2.00. The third-order valence-corrected chi connectivity index (χ3v) is 3.07. The zero-order valence-corrected chi connectivity index (χ0v) is 11.4. The largest absolute Gasteiger partial charge is 0.321 e. The average Bonchev–Trinajstić information content (AvgIpc) is 2.84. The van der Waals surface area contributed by atoms with E-state index in [2.05, 4.69) is 15.4 Å². The predicted octanol–water partition coefficient (Wildman–Crippen LogP) is 2.94. The molecule has 20 heavy (non-hydrogen) atoms. The van der Waals surface area contributed by atoms with E-state index in [9.17, 15) is 4.79 Å². The smallest absolute Gasteiger partial charge is 0.276 e. The number of fused-ring (bicyclic) bond motifs is 1. The maximum Gasteiger partial charge on any atom is 0.276 e. The lowest BCUT2D eigenvalue weighted by molar-refractivity contribution is 0.102. The van der Waals surface area contributed by atoms with E-state index in [1.165, 1.54) is 10.7 Å². The summed E-state index contributed by atoms with van der Waals surface area (Å²) in [6, 6.07) is 10.9. The van der Waals surface area contributed by atoms with Crippen LogP contribution in [0.3, 0.4) is 0 Å². The molecule has 6 heteroatoms. The third kappa shape index (κ3) is 2.23. The number of nitrogens with one attached hydrogen (secondary N) is 1. The fourth-order valence-electron chi connectivity index (χ4n) is 1.95. The normalized spacial score (nSPS) is 10.7. The molecule has 0 saturated carbocycles. The van der Waals surface area contributed by atoms with Gasteiger partial charge in [-0.25, -0.2) is 9.50 Å². The van der Waals surface area contributed by atoms with Crippen molar-refractivity contribution in [2.24, 2.45) is 0 Å². The van der Waals surface area contributed by atoms with Crippen molar-refractivity contribution in [3.05, 3.63) is 59.0 Å². The molecule has 100 valence electrons. The molecule has 1 amide bonds. The molecule has 0 atom stereocenters. The molecule has 3 rings (SSSR count). The van der Waals surface area contributed by atoms with E-state index in [0.29, 0.717) is 22.2 Å². The third-order valence-electron chi connectivity index (χ3n) is 2.89. The lowest BCUT2D eigenvalue weighted by atomic mass is 10.3. The number of hydrogen-bond donors (Lipinski definition) is 1. The molecule has 0 aliphatic rings. The van der Waals surface area contributed by atoms with Crippen molar-refractivity contribution in [1.29, 1.82) is 0 Å². The summed E-state index contributed by atoms with van der Waals surface area (Å²) < 4.78 is 1.45. The van der Waals surface area contributed by atoms with E-state index in [1.807, 2.05) is 37.3 Å². The van der Waals surface area contributed by atoms with Crippen LogP contribution in [0.4, 0.5) is 5.69 Å². The summed E-state index contributed by atoms with van der Waals surface area (Å²) in [5.74, 6) is -0.280. The van der Waals surface area contributed by atoms with Gasteiger partial charge in [0, 0.05) is 5.69 Å². The molecule has 0 unspecified atom stereocenters. The fourth-order valence-corrected chi connectivity index (χ4v) is 2.19. The first-order valence-electron chi connectivity index (χ1n) is 6.02. The zero-order chi connectivity index (χ0) is 14.1. The number of imidazole rings is 1. The minimum atomic E-state index is -0.280. The van der Waals surface area contributed by atoms with Crippen LogP contribution < -0.4 is 5.32 Å². The quantitative estimate of drug-likeness (QED) is 0.788. The van der Waals surface area contributed by atoms with E-state index in [1.54, 1.807) is 6.07 Å². The van der Waals surface area contributed by atoms with E-state index in [-0.39, 0.29) is 5.91 Å². The Morgan fingerprint density at radius 2 is 2.05 bits per heavy atom. The van der Waals surface area contributed by atoms with Crippen molar-refractivity contribution in [3.8, 4) is 0 Å².